The van der Waals surface area contributed by atoms with Crippen LogP contribution in [-0.2, 0) is 4.74 Å². The Morgan fingerprint density at radius 2 is 2.56 bits per heavy atom. The summed E-state index contributed by atoms with van der Waals surface area (Å²) in [6, 6.07) is 0. The lowest BCUT2D eigenvalue weighted by Crippen LogP contribution is -2.10. The first kappa shape index (κ1) is 12.5. The highest BCUT2D eigenvalue weighted by molar-refractivity contribution is 7.15. The second-order valence-corrected chi connectivity index (χ2v) is 4.26. The molecule has 0 aliphatic carbocycles. The maximum absolute atomic E-state index is 11.0. The second kappa shape index (κ2) is 5.61. The first-order valence-electron chi connectivity index (χ1n) is 5.26. The van der Waals surface area contributed by atoms with Crippen LogP contribution in [0.4, 0.5) is 11.6 Å². The lowest BCUT2D eigenvalue weighted by molar-refractivity contribution is -0.389. The fraction of sp³-hybridized carbons (Fsp3) is 0.300. The van der Waals surface area contributed by atoms with Gasteiger partial charge in [0.05, 0.1) is 13.2 Å². The van der Waals surface area contributed by atoms with Gasteiger partial charge in [-0.2, -0.15) is 9.38 Å². The number of fused-ring (bicyclic) bond motifs is 1. The van der Waals surface area contributed by atoms with E-state index in [4.69, 9.17) is 4.74 Å². The number of rotatable bonds is 7. The van der Waals surface area contributed by atoms with Gasteiger partial charge in [0, 0.05) is 11.9 Å². The molecule has 0 spiro atoms. The van der Waals surface area contributed by atoms with Crippen molar-refractivity contribution in [1.29, 1.82) is 0 Å². The summed E-state index contributed by atoms with van der Waals surface area (Å²) in [5.41, 5.74) is 0. The Kier molecular flexibility index (Phi) is 3.90. The standard InChI is InChI=1S/C10H12N4O3S/c1-2-5-17-6-3-11-8-9(14(15)16)13-4-7-18-10(13)12-8/h2,4,7,11H,1,3,5-6H2. The summed E-state index contributed by atoms with van der Waals surface area (Å²) in [6.07, 6.45) is 3.28. The maximum Gasteiger partial charge on any atom is 0.372 e. The highest BCUT2D eigenvalue weighted by atomic mass is 32.1. The van der Waals surface area contributed by atoms with Gasteiger partial charge in [0.1, 0.15) is 6.20 Å². The van der Waals surface area contributed by atoms with E-state index in [0.29, 0.717) is 24.7 Å². The van der Waals surface area contributed by atoms with Gasteiger partial charge in [-0.1, -0.05) is 17.4 Å². The van der Waals surface area contributed by atoms with E-state index >= 15 is 0 Å². The van der Waals surface area contributed by atoms with Crippen LogP contribution in [0.3, 0.4) is 0 Å². The lowest BCUT2D eigenvalue weighted by Gasteiger charge is -2.03. The van der Waals surface area contributed by atoms with Crippen LogP contribution in [0.2, 0.25) is 0 Å². The number of nitrogens with zero attached hydrogens (tertiary/aromatic N) is 3. The third-order valence-corrected chi connectivity index (χ3v) is 2.94. The van der Waals surface area contributed by atoms with E-state index in [9.17, 15) is 10.1 Å². The van der Waals surface area contributed by atoms with Crippen molar-refractivity contribution in [3.05, 3.63) is 34.3 Å². The normalized spacial score (nSPS) is 10.7. The minimum absolute atomic E-state index is 0.0463. The summed E-state index contributed by atoms with van der Waals surface area (Å²) in [5, 5.41) is 15.7. The Bertz CT molecular complexity index is 562. The molecule has 0 aromatic carbocycles. The van der Waals surface area contributed by atoms with Crippen molar-refractivity contribution >= 4 is 27.9 Å². The number of hydrogen-bond acceptors (Lipinski definition) is 6. The summed E-state index contributed by atoms with van der Waals surface area (Å²) in [4.78, 5) is 15.3. The maximum atomic E-state index is 11.0. The molecule has 7 nitrogen and oxygen atoms in total. The predicted molar refractivity (Wildman–Crippen MR) is 69.2 cm³/mol. The van der Waals surface area contributed by atoms with Crippen LogP contribution in [0.15, 0.2) is 24.2 Å². The molecule has 8 heteroatoms. The highest BCUT2D eigenvalue weighted by Gasteiger charge is 2.22. The van der Waals surface area contributed by atoms with Crippen molar-refractivity contribution in [2.24, 2.45) is 0 Å². The molecular weight excluding hydrogens is 256 g/mol. The zero-order valence-corrected chi connectivity index (χ0v) is 10.4. The molecule has 2 aromatic rings. The molecule has 0 aliphatic rings. The molecule has 2 heterocycles. The van der Waals surface area contributed by atoms with Crippen molar-refractivity contribution in [2.45, 2.75) is 0 Å². The summed E-state index contributed by atoms with van der Waals surface area (Å²) in [5.74, 6) is 0.226. The predicted octanol–water partition coefficient (Wildman–Crippen LogP) is 1.92. The zero-order valence-electron chi connectivity index (χ0n) is 9.54. The van der Waals surface area contributed by atoms with E-state index in [-0.39, 0.29) is 11.6 Å². The quantitative estimate of drug-likeness (QED) is 0.359. The van der Waals surface area contributed by atoms with E-state index in [1.54, 1.807) is 17.7 Å². The van der Waals surface area contributed by atoms with Gasteiger partial charge in [-0.05, 0) is 4.92 Å². The van der Waals surface area contributed by atoms with Crippen LogP contribution in [0.1, 0.15) is 0 Å². The van der Waals surface area contributed by atoms with Crippen LogP contribution in [-0.4, -0.2) is 34.1 Å². The summed E-state index contributed by atoms with van der Waals surface area (Å²) in [6.45, 7) is 4.88. The van der Waals surface area contributed by atoms with Crippen molar-refractivity contribution in [3.8, 4) is 0 Å². The number of nitro groups is 1. The molecule has 0 bridgehead atoms. The minimum Gasteiger partial charge on any atom is -0.376 e. The number of ether oxygens (including phenoxy) is 1. The summed E-state index contributed by atoms with van der Waals surface area (Å²) in [7, 11) is 0. The van der Waals surface area contributed by atoms with Crippen LogP contribution < -0.4 is 5.32 Å². The van der Waals surface area contributed by atoms with Crippen LogP contribution in [0.5, 0.6) is 0 Å². The lowest BCUT2D eigenvalue weighted by atomic mass is 10.5. The van der Waals surface area contributed by atoms with E-state index < -0.39 is 4.92 Å². The van der Waals surface area contributed by atoms with Crippen molar-refractivity contribution in [1.82, 2.24) is 9.38 Å². The molecule has 0 unspecified atom stereocenters. The van der Waals surface area contributed by atoms with Gasteiger partial charge in [-0.25, -0.2) is 0 Å². The Morgan fingerprint density at radius 3 is 3.28 bits per heavy atom. The molecule has 1 N–H and O–H groups in total. The van der Waals surface area contributed by atoms with E-state index in [1.165, 1.54) is 15.7 Å². The molecule has 0 fully saturated rings. The Hall–Kier alpha value is -1.93. The van der Waals surface area contributed by atoms with Crippen molar-refractivity contribution in [3.63, 3.8) is 0 Å². The minimum atomic E-state index is -0.445. The van der Waals surface area contributed by atoms with Crippen molar-refractivity contribution in [2.75, 3.05) is 25.1 Å². The van der Waals surface area contributed by atoms with Gasteiger partial charge in [-0.3, -0.25) is 0 Å². The summed E-state index contributed by atoms with van der Waals surface area (Å²) >= 11 is 1.35. The third-order valence-electron chi connectivity index (χ3n) is 2.18. The van der Waals surface area contributed by atoms with E-state index in [0.717, 1.165) is 0 Å². The number of anilines is 1. The molecule has 96 valence electrons. The van der Waals surface area contributed by atoms with Crippen LogP contribution >= 0.6 is 11.3 Å². The third kappa shape index (κ3) is 2.49. The fourth-order valence-electron chi connectivity index (χ4n) is 1.48. The summed E-state index contributed by atoms with van der Waals surface area (Å²) < 4.78 is 6.63. The largest absolute Gasteiger partial charge is 0.376 e. The van der Waals surface area contributed by atoms with Gasteiger partial charge in [0.25, 0.3) is 4.96 Å². The molecule has 0 saturated heterocycles. The molecule has 0 saturated carbocycles. The average Bonchev–Trinajstić information content (AvgIpc) is 2.87. The van der Waals surface area contributed by atoms with E-state index in [2.05, 4.69) is 16.9 Å². The highest BCUT2D eigenvalue weighted by Crippen LogP contribution is 2.27. The first-order chi connectivity index (χ1) is 8.74. The molecule has 2 rings (SSSR count). The number of imidazole rings is 1. The molecule has 0 amide bonds. The Balaban J connectivity index is 2.07. The number of nitrogens with one attached hydrogen (secondary N) is 1. The smallest absolute Gasteiger partial charge is 0.372 e. The van der Waals surface area contributed by atoms with Crippen molar-refractivity contribution < 1.29 is 9.66 Å². The first-order valence-corrected chi connectivity index (χ1v) is 6.14. The number of aromatic nitrogens is 2. The van der Waals surface area contributed by atoms with Gasteiger partial charge in [0.2, 0.25) is 5.82 Å². The monoisotopic (exact) mass is 268 g/mol. The average molecular weight is 268 g/mol. The molecule has 18 heavy (non-hydrogen) atoms. The zero-order chi connectivity index (χ0) is 13.0. The second-order valence-electron chi connectivity index (χ2n) is 3.39. The fourth-order valence-corrected chi connectivity index (χ4v) is 2.18. The molecular formula is C10H12N4O3S. The molecule has 0 aliphatic heterocycles. The van der Waals surface area contributed by atoms with Gasteiger partial charge >= 0.3 is 5.82 Å². The Morgan fingerprint density at radius 1 is 1.72 bits per heavy atom. The SMILES string of the molecule is C=CCOCCNc1nc2sccn2c1[N+](=O)[O-]. The van der Waals surface area contributed by atoms with E-state index in [1.807, 2.05) is 0 Å². The van der Waals surface area contributed by atoms with Gasteiger partial charge in [0.15, 0.2) is 0 Å². The molecule has 0 radical (unpaired) electrons. The van der Waals surface area contributed by atoms with Crippen LogP contribution in [0, 0.1) is 10.1 Å². The molecule has 2 aromatic heterocycles. The van der Waals surface area contributed by atoms with Gasteiger partial charge in [-0.15, -0.1) is 6.58 Å². The topological polar surface area (TPSA) is 81.7 Å². The number of thiazole rings is 1. The number of hydrogen-bond donors (Lipinski definition) is 1. The Labute approximate surface area is 107 Å². The van der Waals surface area contributed by atoms with Gasteiger partial charge < -0.3 is 20.2 Å². The van der Waals surface area contributed by atoms with Crippen LogP contribution in [0.25, 0.3) is 4.96 Å². The molecule has 0 atom stereocenters.